The van der Waals surface area contributed by atoms with E-state index in [-0.39, 0.29) is 5.75 Å². The number of thiol groups is 1. The summed E-state index contributed by atoms with van der Waals surface area (Å²) < 4.78 is 0. The average molecular weight is 527 g/mol. The Labute approximate surface area is 214 Å². The van der Waals surface area contributed by atoms with Gasteiger partial charge < -0.3 is 36.6 Å². The van der Waals surface area contributed by atoms with Crippen LogP contribution in [0.3, 0.4) is 0 Å². The number of benzene rings is 1. The predicted octanol–water partition coefficient (Wildman–Crippen LogP) is -1.79. The van der Waals surface area contributed by atoms with Crippen LogP contribution in [0.15, 0.2) is 30.3 Å². The van der Waals surface area contributed by atoms with Crippen molar-refractivity contribution in [1.29, 1.82) is 0 Å². The van der Waals surface area contributed by atoms with E-state index in [0.717, 1.165) is 5.56 Å². The standard InChI is InChI=1S/C23H34N4O8S/c1-12(24-20(31)16(11-36)9-15-7-5-4-6-8-15)19(30)27-18(14(3)29)22(33)26-17(10-28)21(32)25-13(2)23(34)35/h4-8,12-14,16-18,28-29,36H,9-11H2,1-3H3,(H,24,31)(H,25,32)(H,26,33)(H,27,30)(H,34,35)/t12-,13-,14+,16+,17-,18-/m0/s1. The Morgan fingerprint density at radius 2 is 1.42 bits per heavy atom. The van der Waals surface area contributed by atoms with E-state index in [9.17, 15) is 34.2 Å². The summed E-state index contributed by atoms with van der Waals surface area (Å²) in [6.45, 7) is 2.97. The second kappa shape index (κ2) is 15.1. The van der Waals surface area contributed by atoms with Gasteiger partial charge in [-0.05, 0) is 32.8 Å². The number of nitrogens with one attached hydrogen (secondary N) is 4. The van der Waals surface area contributed by atoms with Gasteiger partial charge in [-0.15, -0.1) is 0 Å². The second-order valence-corrected chi connectivity index (χ2v) is 8.70. The molecule has 200 valence electrons. The first-order valence-electron chi connectivity index (χ1n) is 11.3. The lowest BCUT2D eigenvalue weighted by atomic mass is 10.00. The molecular formula is C23H34N4O8S. The molecule has 0 aliphatic rings. The van der Waals surface area contributed by atoms with Crippen LogP contribution in [-0.4, -0.2) is 87.5 Å². The molecule has 1 rings (SSSR count). The van der Waals surface area contributed by atoms with Crippen molar-refractivity contribution < 1.29 is 39.3 Å². The van der Waals surface area contributed by atoms with E-state index in [4.69, 9.17) is 5.11 Å². The van der Waals surface area contributed by atoms with Gasteiger partial charge in [0.2, 0.25) is 23.6 Å². The van der Waals surface area contributed by atoms with E-state index in [1.54, 1.807) is 0 Å². The van der Waals surface area contributed by atoms with Gasteiger partial charge in [0.25, 0.3) is 0 Å². The molecular weight excluding hydrogens is 492 g/mol. The predicted molar refractivity (Wildman–Crippen MR) is 133 cm³/mol. The fraction of sp³-hybridized carbons (Fsp3) is 0.522. The zero-order valence-corrected chi connectivity index (χ0v) is 21.2. The molecule has 0 aromatic heterocycles. The monoisotopic (exact) mass is 526 g/mol. The molecule has 36 heavy (non-hydrogen) atoms. The smallest absolute Gasteiger partial charge is 0.325 e. The van der Waals surface area contributed by atoms with E-state index in [0.29, 0.717) is 6.42 Å². The maximum atomic E-state index is 12.7. The second-order valence-electron chi connectivity index (χ2n) is 8.34. The third-order valence-electron chi connectivity index (χ3n) is 5.28. The molecule has 7 N–H and O–H groups in total. The summed E-state index contributed by atoms with van der Waals surface area (Å²) in [5.74, 6) is -4.75. The van der Waals surface area contributed by atoms with E-state index >= 15 is 0 Å². The Balaban J connectivity index is 2.77. The molecule has 0 saturated heterocycles. The number of hydrogen-bond acceptors (Lipinski definition) is 8. The molecule has 0 saturated carbocycles. The number of aliphatic hydroxyl groups is 2. The molecule has 0 fully saturated rings. The minimum absolute atomic E-state index is 0.235. The van der Waals surface area contributed by atoms with Crippen molar-refractivity contribution in [2.75, 3.05) is 12.4 Å². The Kier molecular flexibility index (Phi) is 12.9. The molecule has 4 amide bonds. The molecule has 0 aliphatic heterocycles. The molecule has 12 nitrogen and oxygen atoms in total. The first-order chi connectivity index (χ1) is 16.9. The Bertz CT molecular complexity index is 915. The SMILES string of the molecule is C[C@H](NC(=O)[C@H](CO)NC(=O)[C@@H](NC(=O)[C@H](C)NC(=O)[C@@H](CS)Cc1ccccc1)[C@@H](C)O)C(=O)O. The van der Waals surface area contributed by atoms with Gasteiger partial charge in [-0.25, -0.2) is 0 Å². The summed E-state index contributed by atoms with van der Waals surface area (Å²) in [6.07, 6.45) is -0.991. The highest BCUT2D eigenvalue weighted by molar-refractivity contribution is 7.80. The molecule has 0 spiro atoms. The van der Waals surface area contributed by atoms with Crippen molar-refractivity contribution in [2.24, 2.45) is 5.92 Å². The van der Waals surface area contributed by atoms with Crippen LogP contribution in [0.5, 0.6) is 0 Å². The van der Waals surface area contributed by atoms with Crippen molar-refractivity contribution >= 4 is 42.2 Å². The number of aliphatic hydroxyl groups excluding tert-OH is 2. The number of carbonyl (C=O) groups excluding carboxylic acids is 4. The van der Waals surface area contributed by atoms with Crippen molar-refractivity contribution in [3.05, 3.63) is 35.9 Å². The zero-order valence-electron chi connectivity index (χ0n) is 20.3. The van der Waals surface area contributed by atoms with Crippen LogP contribution in [0.2, 0.25) is 0 Å². The lowest BCUT2D eigenvalue weighted by Crippen LogP contribution is -2.60. The summed E-state index contributed by atoms with van der Waals surface area (Å²) in [7, 11) is 0. The summed E-state index contributed by atoms with van der Waals surface area (Å²) in [6, 6.07) is 3.88. The average Bonchev–Trinajstić information content (AvgIpc) is 2.83. The zero-order chi connectivity index (χ0) is 27.4. The van der Waals surface area contributed by atoms with Gasteiger partial charge in [0.15, 0.2) is 0 Å². The molecule has 0 aliphatic carbocycles. The van der Waals surface area contributed by atoms with Crippen LogP contribution in [0.1, 0.15) is 26.3 Å². The maximum absolute atomic E-state index is 12.7. The molecule has 6 atom stereocenters. The van der Waals surface area contributed by atoms with Gasteiger partial charge in [-0.3, -0.25) is 24.0 Å². The minimum Gasteiger partial charge on any atom is -0.480 e. The molecule has 1 aromatic rings. The summed E-state index contributed by atoms with van der Waals surface area (Å²) in [5, 5.41) is 37.5. The molecule has 0 heterocycles. The topological polar surface area (TPSA) is 194 Å². The number of amides is 4. The minimum atomic E-state index is -1.53. The fourth-order valence-corrected chi connectivity index (χ4v) is 3.35. The Hall–Kier alpha value is -3.16. The first kappa shape index (κ1) is 30.9. The van der Waals surface area contributed by atoms with Crippen molar-refractivity contribution in [1.82, 2.24) is 21.3 Å². The number of hydrogen-bond donors (Lipinski definition) is 8. The number of carboxylic acids is 1. The summed E-state index contributed by atoms with van der Waals surface area (Å²) in [4.78, 5) is 61.0. The third kappa shape index (κ3) is 9.84. The molecule has 0 radical (unpaired) electrons. The van der Waals surface area contributed by atoms with Gasteiger partial charge in [-0.1, -0.05) is 30.3 Å². The van der Waals surface area contributed by atoms with Gasteiger partial charge in [-0.2, -0.15) is 12.6 Å². The van der Waals surface area contributed by atoms with Crippen LogP contribution in [-0.2, 0) is 30.4 Å². The van der Waals surface area contributed by atoms with Crippen molar-refractivity contribution in [3.8, 4) is 0 Å². The van der Waals surface area contributed by atoms with Crippen LogP contribution in [0.4, 0.5) is 0 Å². The number of rotatable bonds is 14. The number of aliphatic carboxylic acids is 1. The molecule has 0 unspecified atom stereocenters. The quantitative estimate of drug-likeness (QED) is 0.130. The van der Waals surface area contributed by atoms with Crippen LogP contribution in [0.25, 0.3) is 0 Å². The van der Waals surface area contributed by atoms with E-state index in [2.05, 4.69) is 33.9 Å². The van der Waals surface area contributed by atoms with Crippen LogP contribution in [0, 0.1) is 5.92 Å². The Morgan fingerprint density at radius 1 is 0.833 bits per heavy atom. The van der Waals surface area contributed by atoms with Gasteiger partial charge in [0.05, 0.1) is 18.6 Å². The summed E-state index contributed by atoms with van der Waals surface area (Å²) >= 11 is 4.22. The van der Waals surface area contributed by atoms with Crippen molar-refractivity contribution in [3.63, 3.8) is 0 Å². The molecule has 0 bridgehead atoms. The van der Waals surface area contributed by atoms with Gasteiger partial charge in [0.1, 0.15) is 24.2 Å². The van der Waals surface area contributed by atoms with Crippen LogP contribution >= 0.6 is 12.6 Å². The van der Waals surface area contributed by atoms with Gasteiger partial charge >= 0.3 is 5.97 Å². The number of carbonyl (C=O) groups is 5. The van der Waals surface area contributed by atoms with E-state index in [1.807, 2.05) is 30.3 Å². The summed E-state index contributed by atoms with van der Waals surface area (Å²) in [5.41, 5.74) is 0.926. The van der Waals surface area contributed by atoms with E-state index < -0.39 is 72.4 Å². The fourth-order valence-electron chi connectivity index (χ4n) is 3.05. The highest BCUT2D eigenvalue weighted by Gasteiger charge is 2.32. The lowest BCUT2D eigenvalue weighted by molar-refractivity contribution is -0.142. The molecule has 13 heteroatoms. The number of carboxylic acid groups (broad SMARTS) is 1. The van der Waals surface area contributed by atoms with E-state index in [1.165, 1.54) is 20.8 Å². The van der Waals surface area contributed by atoms with Gasteiger partial charge in [0, 0.05) is 5.75 Å². The van der Waals surface area contributed by atoms with Crippen LogP contribution < -0.4 is 21.3 Å². The Morgan fingerprint density at radius 3 is 1.92 bits per heavy atom. The lowest BCUT2D eigenvalue weighted by Gasteiger charge is -2.26. The largest absolute Gasteiger partial charge is 0.480 e. The normalized spacial score (nSPS) is 15.8. The first-order valence-corrected chi connectivity index (χ1v) is 11.9. The highest BCUT2D eigenvalue weighted by atomic mass is 32.1. The third-order valence-corrected chi connectivity index (χ3v) is 5.72. The molecule has 1 aromatic carbocycles. The highest BCUT2D eigenvalue weighted by Crippen LogP contribution is 2.11. The van der Waals surface area contributed by atoms with Crippen molar-refractivity contribution in [2.45, 2.75) is 57.5 Å². The maximum Gasteiger partial charge on any atom is 0.325 e.